The van der Waals surface area contributed by atoms with Gasteiger partial charge in [0.15, 0.2) is 0 Å². The Balaban J connectivity index is 1.82. The molecule has 2 rings (SSSR count). The minimum atomic E-state index is -0.183. The predicted molar refractivity (Wildman–Crippen MR) is 58.5 cm³/mol. The molecule has 0 saturated heterocycles. The number of benzene rings is 1. The smallest absolute Gasteiger partial charge is 0.146 e. The van der Waals surface area contributed by atoms with Gasteiger partial charge < -0.3 is 10.1 Å². The number of nitrogens with one attached hydrogen (secondary N) is 1. The van der Waals surface area contributed by atoms with E-state index < -0.39 is 0 Å². The quantitative estimate of drug-likeness (QED) is 0.823. The fourth-order valence-corrected chi connectivity index (χ4v) is 1.85. The largest absolute Gasteiger partial charge is 0.380 e. The van der Waals surface area contributed by atoms with Crippen molar-refractivity contribution in [3.8, 4) is 0 Å². The van der Waals surface area contributed by atoms with Gasteiger partial charge >= 0.3 is 0 Å². The van der Waals surface area contributed by atoms with Gasteiger partial charge in [-0.25, -0.2) is 4.39 Å². The summed E-state index contributed by atoms with van der Waals surface area (Å²) in [5.74, 6) is -0.183. The van der Waals surface area contributed by atoms with Crippen molar-refractivity contribution in [2.24, 2.45) is 0 Å². The second-order valence-electron chi connectivity index (χ2n) is 3.87. The van der Waals surface area contributed by atoms with Gasteiger partial charge in [0.2, 0.25) is 0 Å². The number of rotatable bonds is 4. The first-order valence-electron chi connectivity index (χ1n) is 5.42. The van der Waals surface area contributed by atoms with E-state index in [9.17, 15) is 4.39 Å². The summed E-state index contributed by atoms with van der Waals surface area (Å²) in [6.45, 7) is 2.76. The third-order valence-electron chi connectivity index (χ3n) is 2.73. The van der Waals surface area contributed by atoms with Crippen LogP contribution in [-0.2, 0) is 4.74 Å². The van der Waals surface area contributed by atoms with Crippen molar-refractivity contribution in [1.82, 2.24) is 0 Å². The molecule has 1 aromatic rings. The fourth-order valence-electron chi connectivity index (χ4n) is 1.85. The predicted octanol–water partition coefficient (Wildman–Crippen LogP) is 2.81. The molecular weight excluding hydrogens is 193 g/mol. The van der Waals surface area contributed by atoms with Crippen LogP contribution in [0.1, 0.15) is 19.8 Å². The molecule has 82 valence electrons. The molecule has 0 atom stereocenters. The average molecular weight is 209 g/mol. The standard InChI is InChI=1S/C12H16FNO/c1-2-15-10-7-9(8-10)14-12-6-4-3-5-11(12)13/h3-6,9-10,14H,2,7-8H2,1H3. The molecule has 0 bridgehead atoms. The van der Waals surface area contributed by atoms with Gasteiger partial charge in [-0.05, 0) is 31.9 Å². The van der Waals surface area contributed by atoms with Crippen molar-refractivity contribution in [2.75, 3.05) is 11.9 Å². The van der Waals surface area contributed by atoms with Gasteiger partial charge in [0, 0.05) is 12.6 Å². The van der Waals surface area contributed by atoms with Crippen LogP contribution in [0.3, 0.4) is 0 Å². The van der Waals surface area contributed by atoms with Crippen molar-refractivity contribution in [1.29, 1.82) is 0 Å². The van der Waals surface area contributed by atoms with Gasteiger partial charge in [0.05, 0.1) is 11.8 Å². The summed E-state index contributed by atoms with van der Waals surface area (Å²) in [4.78, 5) is 0. The van der Waals surface area contributed by atoms with Gasteiger partial charge in [-0.2, -0.15) is 0 Å². The van der Waals surface area contributed by atoms with Crippen molar-refractivity contribution in [2.45, 2.75) is 31.9 Å². The van der Waals surface area contributed by atoms with E-state index in [4.69, 9.17) is 4.74 Å². The lowest BCUT2D eigenvalue weighted by atomic mass is 9.89. The summed E-state index contributed by atoms with van der Waals surface area (Å²) in [5, 5.41) is 3.18. The number of hydrogen-bond donors (Lipinski definition) is 1. The monoisotopic (exact) mass is 209 g/mol. The van der Waals surface area contributed by atoms with Crippen LogP contribution in [0.15, 0.2) is 24.3 Å². The molecule has 1 saturated carbocycles. The molecule has 0 heterocycles. The van der Waals surface area contributed by atoms with Gasteiger partial charge in [0.1, 0.15) is 5.82 Å². The number of ether oxygens (including phenoxy) is 1. The Morgan fingerprint density at radius 3 is 2.80 bits per heavy atom. The SMILES string of the molecule is CCOC1CC(Nc2ccccc2F)C1. The lowest BCUT2D eigenvalue weighted by Gasteiger charge is -2.36. The number of hydrogen-bond acceptors (Lipinski definition) is 2. The highest BCUT2D eigenvalue weighted by atomic mass is 19.1. The molecule has 0 amide bonds. The van der Waals surface area contributed by atoms with Crippen LogP contribution < -0.4 is 5.32 Å². The molecule has 1 aliphatic carbocycles. The van der Waals surface area contributed by atoms with E-state index in [0.717, 1.165) is 19.4 Å². The molecular formula is C12H16FNO. The van der Waals surface area contributed by atoms with Crippen LogP contribution in [0.25, 0.3) is 0 Å². The maximum absolute atomic E-state index is 13.3. The summed E-state index contributed by atoms with van der Waals surface area (Å²) in [6, 6.07) is 7.14. The van der Waals surface area contributed by atoms with Gasteiger partial charge in [-0.15, -0.1) is 0 Å². The average Bonchev–Trinajstić information content (AvgIpc) is 2.18. The Morgan fingerprint density at radius 2 is 2.13 bits per heavy atom. The normalized spacial score (nSPS) is 24.7. The third-order valence-corrected chi connectivity index (χ3v) is 2.73. The van der Waals surface area contributed by atoms with E-state index in [1.807, 2.05) is 13.0 Å². The number of halogens is 1. The molecule has 0 unspecified atom stereocenters. The summed E-state index contributed by atoms with van der Waals surface area (Å²) in [5.41, 5.74) is 0.595. The molecule has 0 aromatic heterocycles. The molecule has 15 heavy (non-hydrogen) atoms. The highest BCUT2D eigenvalue weighted by Gasteiger charge is 2.29. The van der Waals surface area contributed by atoms with E-state index >= 15 is 0 Å². The Kier molecular flexibility index (Phi) is 3.21. The topological polar surface area (TPSA) is 21.3 Å². The first-order chi connectivity index (χ1) is 7.29. The summed E-state index contributed by atoms with van der Waals surface area (Å²) in [6.07, 6.45) is 2.31. The minimum absolute atomic E-state index is 0.183. The lowest BCUT2D eigenvalue weighted by molar-refractivity contribution is 0.00293. The van der Waals surface area contributed by atoms with Crippen LogP contribution in [0.2, 0.25) is 0 Å². The Labute approximate surface area is 89.4 Å². The second-order valence-corrected chi connectivity index (χ2v) is 3.87. The molecule has 1 aliphatic rings. The van der Waals surface area contributed by atoms with Crippen molar-refractivity contribution in [3.05, 3.63) is 30.1 Å². The van der Waals surface area contributed by atoms with Gasteiger partial charge in [0.25, 0.3) is 0 Å². The Morgan fingerprint density at radius 1 is 1.40 bits per heavy atom. The van der Waals surface area contributed by atoms with Crippen molar-refractivity contribution >= 4 is 5.69 Å². The van der Waals surface area contributed by atoms with E-state index in [2.05, 4.69) is 5.32 Å². The minimum Gasteiger partial charge on any atom is -0.380 e. The molecule has 3 heteroatoms. The maximum atomic E-state index is 13.3. The summed E-state index contributed by atoms with van der Waals surface area (Å²) >= 11 is 0. The summed E-state index contributed by atoms with van der Waals surface area (Å²) in [7, 11) is 0. The first kappa shape index (κ1) is 10.4. The Hall–Kier alpha value is -1.09. The van der Waals surface area contributed by atoms with Crippen LogP contribution >= 0.6 is 0 Å². The van der Waals surface area contributed by atoms with E-state index in [-0.39, 0.29) is 5.82 Å². The number of anilines is 1. The molecule has 1 N–H and O–H groups in total. The van der Waals surface area contributed by atoms with Crippen molar-refractivity contribution in [3.63, 3.8) is 0 Å². The second kappa shape index (κ2) is 4.62. The Bertz CT molecular complexity index is 323. The highest BCUT2D eigenvalue weighted by Crippen LogP contribution is 2.27. The molecule has 0 spiro atoms. The third kappa shape index (κ3) is 2.48. The fraction of sp³-hybridized carbons (Fsp3) is 0.500. The maximum Gasteiger partial charge on any atom is 0.146 e. The zero-order valence-corrected chi connectivity index (χ0v) is 8.87. The first-order valence-corrected chi connectivity index (χ1v) is 5.42. The zero-order chi connectivity index (χ0) is 10.7. The molecule has 1 fully saturated rings. The highest BCUT2D eigenvalue weighted by molar-refractivity contribution is 5.45. The van der Waals surface area contributed by atoms with Crippen LogP contribution in [0.4, 0.5) is 10.1 Å². The lowest BCUT2D eigenvalue weighted by Crippen LogP contribution is -2.40. The molecule has 0 aliphatic heterocycles. The number of para-hydroxylation sites is 1. The summed E-state index contributed by atoms with van der Waals surface area (Å²) < 4.78 is 18.7. The van der Waals surface area contributed by atoms with E-state index in [0.29, 0.717) is 17.8 Å². The molecule has 0 radical (unpaired) electrons. The van der Waals surface area contributed by atoms with Crippen LogP contribution in [0.5, 0.6) is 0 Å². The molecule has 1 aromatic carbocycles. The van der Waals surface area contributed by atoms with Crippen LogP contribution in [-0.4, -0.2) is 18.8 Å². The zero-order valence-electron chi connectivity index (χ0n) is 8.87. The van der Waals surface area contributed by atoms with Gasteiger partial charge in [-0.1, -0.05) is 12.1 Å². The van der Waals surface area contributed by atoms with E-state index in [1.165, 1.54) is 6.07 Å². The van der Waals surface area contributed by atoms with Gasteiger partial charge in [-0.3, -0.25) is 0 Å². The van der Waals surface area contributed by atoms with Crippen molar-refractivity contribution < 1.29 is 9.13 Å². The van der Waals surface area contributed by atoms with E-state index in [1.54, 1.807) is 12.1 Å². The molecule has 2 nitrogen and oxygen atoms in total. The van der Waals surface area contributed by atoms with Crippen LogP contribution in [0, 0.1) is 5.82 Å².